The van der Waals surface area contributed by atoms with Crippen LogP contribution in [-0.4, -0.2) is 51.3 Å². The summed E-state index contributed by atoms with van der Waals surface area (Å²) in [5.74, 6) is 0.820. The highest BCUT2D eigenvalue weighted by Crippen LogP contribution is 2.17. The van der Waals surface area contributed by atoms with Gasteiger partial charge in [-0.2, -0.15) is 4.68 Å². The average molecular weight is 320 g/mol. The standard InChI is InChI=1S/C18H20N6/c1-3-7-16(8-4-1)15-22-11-13-23(14-12-22)18-19-20-21-24(18)17-9-5-2-6-10-17/h1-10H,11-15H2. The average Bonchev–Trinajstić information content (AvgIpc) is 3.14. The van der Waals surface area contributed by atoms with E-state index in [1.807, 2.05) is 35.0 Å². The Morgan fingerprint density at radius 3 is 2.17 bits per heavy atom. The van der Waals surface area contributed by atoms with Crippen LogP contribution in [0, 0.1) is 0 Å². The molecule has 24 heavy (non-hydrogen) atoms. The Kier molecular flexibility index (Phi) is 4.20. The highest BCUT2D eigenvalue weighted by Gasteiger charge is 2.22. The number of tetrazole rings is 1. The van der Waals surface area contributed by atoms with Crippen LogP contribution < -0.4 is 4.90 Å². The normalized spacial score (nSPS) is 15.6. The van der Waals surface area contributed by atoms with Crippen molar-refractivity contribution in [3.63, 3.8) is 0 Å². The largest absolute Gasteiger partial charge is 0.337 e. The minimum atomic E-state index is 0.820. The summed E-state index contributed by atoms with van der Waals surface area (Å²) in [6.07, 6.45) is 0. The third-order valence-electron chi connectivity index (χ3n) is 4.36. The molecule has 6 nitrogen and oxygen atoms in total. The maximum atomic E-state index is 4.23. The Balaban J connectivity index is 1.43. The van der Waals surface area contributed by atoms with Crippen LogP contribution in [0.25, 0.3) is 5.69 Å². The summed E-state index contributed by atoms with van der Waals surface area (Å²) in [5, 5.41) is 12.3. The van der Waals surface area contributed by atoms with Gasteiger partial charge < -0.3 is 4.90 Å². The molecule has 0 aliphatic carbocycles. The van der Waals surface area contributed by atoms with Crippen LogP contribution in [0.4, 0.5) is 5.95 Å². The van der Waals surface area contributed by atoms with Gasteiger partial charge in [0.05, 0.1) is 5.69 Å². The number of para-hydroxylation sites is 1. The first-order valence-electron chi connectivity index (χ1n) is 8.25. The summed E-state index contributed by atoms with van der Waals surface area (Å²) < 4.78 is 1.81. The molecule has 0 bridgehead atoms. The molecular formula is C18H20N6. The highest BCUT2D eigenvalue weighted by molar-refractivity contribution is 5.40. The van der Waals surface area contributed by atoms with Crippen LogP contribution >= 0.6 is 0 Å². The molecule has 1 aromatic heterocycles. The van der Waals surface area contributed by atoms with E-state index in [9.17, 15) is 0 Å². The van der Waals surface area contributed by atoms with E-state index in [1.165, 1.54) is 5.56 Å². The monoisotopic (exact) mass is 320 g/mol. The van der Waals surface area contributed by atoms with Crippen LogP contribution in [0.3, 0.4) is 0 Å². The van der Waals surface area contributed by atoms with Crippen molar-refractivity contribution < 1.29 is 0 Å². The van der Waals surface area contributed by atoms with Gasteiger partial charge in [-0.1, -0.05) is 53.6 Å². The van der Waals surface area contributed by atoms with Crippen molar-refractivity contribution in [2.24, 2.45) is 0 Å². The fourth-order valence-electron chi connectivity index (χ4n) is 3.06. The number of anilines is 1. The second-order valence-corrected chi connectivity index (χ2v) is 5.98. The predicted octanol–water partition coefficient (Wildman–Crippen LogP) is 1.98. The zero-order chi connectivity index (χ0) is 16.2. The Morgan fingerprint density at radius 2 is 1.46 bits per heavy atom. The second-order valence-electron chi connectivity index (χ2n) is 5.98. The lowest BCUT2D eigenvalue weighted by Gasteiger charge is -2.34. The maximum Gasteiger partial charge on any atom is 0.250 e. The minimum absolute atomic E-state index is 0.820. The highest BCUT2D eigenvalue weighted by atomic mass is 15.6. The lowest BCUT2D eigenvalue weighted by molar-refractivity contribution is 0.248. The molecular weight excluding hydrogens is 300 g/mol. The Morgan fingerprint density at radius 1 is 0.792 bits per heavy atom. The van der Waals surface area contributed by atoms with Gasteiger partial charge in [-0.05, 0) is 28.1 Å². The molecule has 6 heteroatoms. The fourth-order valence-corrected chi connectivity index (χ4v) is 3.06. The molecule has 0 atom stereocenters. The van der Waals surface area contributed by atoms with Crippen LogP contribution in [0.2, 0.25) is 0 Å². The van der Waals surface area contributed by atoms with Crippen molar-refractivity contribution in [3.05, 3.63) is 66.2 Å². The molecule has 2 aromatic carbocycles. The summed E-state index contributed by atoms with van der Waals surface area (Å²) in [6.45, 7) is 4.88. The summed E-state index contributed by atoms with van der Waals surface area (Å²) >= 11 is 0. The van der Waals surface area contributed by atoms with Crippen molar-refractivity contribution >= 4 is 5.95 Å². The lowest BCUT2D eigenvalue weighted by Crippen LogP contribution is -2.46. The summed E-state index contributed by atoms with van der Waals surface area (Å²) in [4.78, 5) is 4.73. The number of piperazine rings is 1. The van der Waals surface area contributed by atoms with Crippen molar-refractivity contribution in [1.29, 1.82) is 0 Å². The molecule has 0 N–H and O–H groups in total. The summed E-state index contributed by atoms with van der Waals surface area (Å²) in [6, 6.07) is 20.7. The molecule has 0 unspecified atom stereocenters. The quantitative estimate of drug-likeness (QED) is 0.736. The number of nitrogens with zero attached hydrogens (tertiary/aromatic N) is 6. The molecule has 2 heterocycles. The van der Waals surface area contributed by atoms with E-state index in [0.29, 0.717) is 0 Å². The number of hydrogen-bond acceptors (Lipinski definition) is 5. The molecule has 122 valence electrons. The van der Waals surface area contributed by atoms with Crippen molar-refractivity contribution in [2.45, 2.75) is 6.54 Å². The van der Waals surface area contributed by atoms with Gasteiger partial charge in [0.25, 0.3) is 0 Å². The third kappa shape index (κ3) is 3.14. The van der Waals surface area contributed by atoms with Crippen molar-refractivity contribution in [3.8, 4) is 5.69 Å². The molecule has 0 saturated carbocycles. The smallest absolute Gasteiger partial charge is 0.250 e. The molecule has 4 rings (SSSR count). The second kappa shape index (κ2) is 6.80. The van der Waals surface area contributed by atoms with Gasteiger partial charge in [-0.25, -0.2) is 0 Å². The molecule has 1 fully saturated rings. The Hall–Kier alpha value is -2.73. The van der Waals surface area contributed by atoms with Gasteiger partial charge >= 0.3 is 0 Å². The number of rotatable bonds is 4. The van der Waals surface area contributed by atoms with Gasteiger partial charge in [0, 0.05) is 32.7 Å². The molecule has 3 aromatic rings. The minimum Gasteiger partial charge on any atom is -0.337 e. The van der Waals surface area contributed by atoms with Crippen molar-refractivity contribution in [2.75, 3.05) is 31.1 Å². The molecule has 0 spiro atoms. The summed E-state index contributed by atoms with van der Waals surface area (Å²) in [7, 11) is 0. The van der Waals surface area contributed by atoms with Crippen LogP contribution in [0.1, 0.15) is 5.56 Å². The zero-order valence-corrected chi connectivity index (χ0v) is 13.5. The van der Waals surface area contributed by atoms with Crippen LogP contribution in [0.15, 0.2) is 60.7 Å². The van der Waals surface area contributed by atoms with Gasteiger partial charge in [-0.15, -0.1) is 0 Å². The van der Waals surface area contributed by atoms with Gasteiger partial charge in [0.15, 0.2) is 0 Å². The SMILES string of the molecule is c1ccc(CN2CCN(c3nnnn3-c3ccccc3)CC2)cc1. The zero-order valence-electron chi connectivity index (χ0n) is 13.5. The molecule has 1 aliphatic rings. The van der Waals surface area contributed by atoms with Crippen LogP contribution in [0.5, 0.6) is 0 Å². The van der Waals surface area contributed by atoms with Gasteiger partial charge in [0.2, 0.25) is 5.95 Å². The van der Waals surface area contributed by atoms with E-state index in [1.54, 1.807) is 0 Å². The van der Waals surface area contributed by atoms with Gasteiger partial charge in [0.1, 0.15) is 0 Å². The van der Waals surface area contributed by atoms with E-state index in [2.05, 4.69) is 55.7 Å². The van der Waals surface area contributed by atoms with Gasteiger partial charge in [-0.3, -0.25) is 4.90 Å². The first kappa shape index (κ1) is 14.8. The molecule has 1 aliphatic heterocycles. The maximum absolute atomic E-state index is 4.23. The third-order valence-corrected chi connectivity index (χ3v) is 4.36. The lowest BCUT2D eigenvalue weighted by atomic mass is 10.2. The molecule has 0 amide bonds. The van der Waals surface area contributed by atoms with E-state index >= 15 is 0 Å². The number of benzene rings is 2. The molecule has 0 radical (unpaired) electrons. The topological polar surface area (TPSA) is 50.1 Å². The van der Waals surface area contributed by atoms with E-state index in [-0.39, 0.29) is 0 Å². The fraction of sp³-hybridized carbons (Fsp3) is 0.278. The first-order chi connectivity index (χ1) is 11.9. The van der Waals surface area contributed by atoms with Crippen molar-refractivity contribution in [1.82, 2.24) is 25.1 Å². The number of aromatic nitrogens is 4. The Labute approximate surface area is 141 Å². The summed E-state index contributed by atoms with van der Waals surface area (Å²) in [5.41, 5.74) is 2.35. The van der Waals surface area contributed by atoms with E-state index < -0.39 is 0 Å². The van der Waals surface area contributed by atoms with E-state index in [4.69, 9.17) is 0 Å². The van der Waals surface area contributed by atoms with Crippen LogP contribution in [-0.2, 0) is 6.54 Å². The molecule has 1 saturated heterocycles. The predicted molar refractivity (Wildman–Crippen MR) is 93.1 cm³/mol. The Bertz CT molecular complexity index is 762. The first-order valence-corrected chi connectivity index (χ1v) is 8.25. The van der Waals surface area contributed by atoms with E-state index in [0.717, 1.165) is 44.4 Å². The number of hydrogen-bond donors (Lipinski definition) is 0.